The smallest absolute Gasteiger partial charge is 0.204 e. The summed E-state index contributed by atoms with van der Waals surface area (Å²) in [4.78, 5) is 0. The molecule has 0 fully saturated rings. The number of hydrogen-bond acceptors (Lipinski definition) is 6. The molecule has 3 aromatic rings. The van der Waals surface area contributed by atoms with E-state index in [0.29, 0.717) is 47.6 Å². The summed E-state index contributed by atoms with van der Waals surface area (Å²) in [5.74, 6) is 3.62. The van der Waals surface area contributed by atoms with E-state index < -0.39 is 0 Å². The summed E-state index contributed by atoms with van der Waals surface area (Å²) in [6.07, 6.45) is 7.24. The van der Waals surface area contributed by atoms with E-state index in [1.165, 1.54) is 0 Å². The van der Waals surface area contributed by atoms with Gasteiger partial charge in [0.1, 0.15) is 0 Å². The molecule has 166 valence electrons. The van der Waals surface area contributed by atoms with Crippen LogP contribution >= 0.6 is 0 Å². The maximum Gasteiger partial charge on any atom is 0.204 e. The maximum atomic E-state index is 5.44. The van der Waals surface area contributed by atoms with Crippen LogP contribution in [-0.4, -0.2) is 47.2 Å². The summed E-state index contributed by atoms with van der Waals surface area (Å²) in [6.45, 7) is 1.19. The van der Waals surface area contributed by atoms with Gasteiger partial charge in [0.25, 0.3) is 0 Å². The van der Waals surface area contributed by atoms with E-state index in [2.05, 4.69) is 6.33 Å². The van der Waals surface area contributed by atoms with Crippen LogP contribution in [0.25, 0.3) is 0 Å². The Morgan fingerprint density at radius 3 is 1.55 bits per heavy atom. The number of ether oxygens (including phenoxy) is 6. The molecule has 0 aliphatic rings. The predicted molar refractivity (Wildman–Crippen MR) is 114 cm³/mol. The molecule has 0 bridgehead atoms. The molecule has 0 saturated carbocycles. The van der Waals surface area contributed by atoms with Crippen LogP contribution in [0.3, 0.4) is 0 Å². The fourth-order valence-corrected chi connectivity index (χ4v) is 3.42. The summed E-state index contributed by atoms with van der Waals surface area (Å²) in [5, 5.41) is 0. The Labute approximate surface area is 182 Å². The van der Waals surface area contributed by atoms with Crippen molar-refractivity contribution in [1.29, 1.82) is 0 Å². The molecule has 0 radical (unpaired) electrons. The number of hydrogen-bond donors (Lipinski definition) is 0. The molecule has 8 heteroatoms. The van der Waals surface area contributed by atoms with Crippen LogP contribution in [0.4, 0.5) is 0 Å². The van der Waals surface area contributed by atoms with Gasteiger partial charge in [-0.25, -0.2) is 0 Å². The average molecular weight is 428 g/mol. The third-order valence-electron chi connectivity index (χ3n) is 4.84. The first kappa shape index (κ1) is 22.1. The Morgan fingerprint density at radius 2 is 1.13 bits per heavy atom. The van der Waals surface area contributed by atoms with Gasteiger partial charge in [0.05, 0.1) is 55.7 Å². The molecule has 0 saturated heterocycles. The van der Waals surface area contributed by atoms with Crippen LogP contribution in [-0.2, 0) is 13.1 Å². The molecular formula is C23H28N2O6. The first-order valence-corrected chi connectivity index (χ1v) is 9.62. The van der Waals surface area contributed by atoms with Crippen molar-refractivity contribution in [2.75, 3.05) is 42.7 Å². The average Bonchev–Trinajstić information content (AvgIpc) is 3.23. The zero-order valence-electron chi connectivity index (χ0n) is 18.7. The highest BCUT2D eigenvalue weighted by atomic mass is 16.5. The highest BCUT2D eigenvalue weighted by Crippen LogP contribution is 2.39. The lowest BCUT2D eigenvalue weighted by Crippen LogP contribution is -2.32. The first-order chi connectivity index (χ1) is 15.1. The molecule has 8 nitrogen and oxygen atoms in total. The summed E-state index contributed by atoms with van der Waals surface area (Å²) in [6, 6.07) is 7.72. The first-order valence-electron chi connectivity index (χ1n) is 9.62. The standard InChI is InChI=1S/C23H28N2O6/c1-26-18-9-16(10-19(27-2)22(18)30-5)13-24-7-8-25(15-24)14-17-11-20(28-3)23(31-6)21(12-17)29-4/h7-12H,13-14H2,1-6H3. The fraction of sp³-hybridized carbons (Fsp3) is 0.348. The zero-order valence-corrected chi connectivity index (χ0v) is 18.7. The molecule has 0 spiro atoms. The fourth-order valence-electron chi connectivity index (χ4n) is 3.42. The molecule has 31 heavy (non-hydrogen) atoms. The summed E-state index contributed by atoms with van der Waals surface area (Å²) in [7, 11) is 9.60. The second kappa shape index (κ2) is 9.97. The van der Waals surface area contributed by atoms with Crippen LogP contribution in [0.1, 0.15) is 11.1 Å². The van der Waals surface area contributed by atoms with Crippen LogP contribution in [0.15, 0.2) is 36.7 Å². The molecule has 0 unspecified atom stereocenters. The predicted octanol–water partition coefficient (Wildman–Crippen LogP) is 2.72. The lowest BCUT2D eigenvalue weighted by molar-refractivity contribution is -0.692. The SMILES string of the molecule is COc1cc(Cn2[c-][n+](Cc3cc(OC)c(OC)c(OC)c3)cc2)cc(OC)c1OC. The van der Waals surface area contributed by atoms with Crippen molar-refractivity contribution in [3.05, 3.63) is 54.1 Å². The van der Waals surface area contributed by atoms with Crippen molar-refractivity contribution >= 4 is 0 Å². The van der Waals surface area contributed by atoms with Crippen molar-refractivity contribution in [2.45, 2.75) is 13.1 Å². The Morgan fingerprint density at radius 1 is 0.677 bits per heavy atom. The summed E-state index contributed by atoms with van der Waals surface area (Å²) in [5.41, 5.74) is 2.00. The topological polar surface area (TPSA) is 64.2 Å². The van der Waals surface area contributed by atoms with Gasteiger partial charge in [-0.15, -0.1) is 0 Å². The lowest BCUT2D eigenvalue weighted by atomic mass is 10.1. The number of aromatic nitrogens is 2. The minimum atomic E-state index is 0.572. The Kier molecular flexibility index (Phi) is 7.12. The van der Waals surface area contributed by atoms with Crippen molar-refractivity contribution < 1.29 is 33.0 Å². The van der Waals surface area contributed by atoms with Crippen LogP contribution in [0, 0.1) is 6.33 Å². The van der Waals surface area contributed by atoms with Gasteiger partial charge >= 0.3 is 0 Å². The summed E-state index contributed by atoms with van der Waals surface area (Å²) < 4.78 is 36.5. The molecule has 0 atom stereocenters. The number of benzene rings is 2. The maximum absolute atomic E-state index is 5.44. The van der Waals surface area contributed by atoms with E-state index in [1.807, 2.05) is 45.8 Å². The van der Waals surface area contributed by atoms with E-state index in [0.717, 1.165) is 11.1 Å². The molecule has 0 amide bonds. The third-order valence-corrected chi connectivity index (χ3v) is 4.84. The Bertz CT molecular complexity index is 901. The third kappa shape index (κ3) is 4.79. The van der Waals surface area contributed by atoms with Gasteiger partial charge < -0.3 is 37.6 Å². The number of nitrogens with zero attached hydrogens (tertiary/aromatic N) is 2. The van der Waals surface area contributed by atoms with Gasteiger partial charge in [0.15, 0.2) is 23.0 Å². The van der Waals surface area contributed by atoms with Gasteiger partial charge in [-0.1, -0.05) is 0 Å². The molecule has 2 aromatic carbocycles. The minimum absolute atomic E-state index is 0.572. The zero-order chi connectivity index (χ0) is 22.4. The Balaban J connectivity index is 1.82. The van der Waals surface area contributed by atoms with Crippen molar-refractivity contribution in [3.8, 4) is 34.5 Å². The van der Waals surface area contributed by atoms with Crippen molar-refractivity contribution in [3.63, 3.8) is 0 Å². The van der Waals surface area contributed by atoms with Gasteiger partial charge in [0, 0.05) is 0 Å². The molecule has 0 aliphatic heterocycles. The number of rotatable bonds is 10. The van der Waals surface area contributed by atoms with Crippen LogP contribution < -0.4 is 33.0 Å². The number of methoxy groups -OCH3 is 6. The molecule has 0 N–H and O–H groups in total. The highest BCUT2D eigenvalue weighted by Gasteiger charge is 2.15. The van der Waals surface area contributed by atoms with Gasteiger partial charge in [-0.2, -0.15) is 0 Å². The van der Waals surface area contributed by atoms with Gasteiger partial charge in [-0.3, -0.25) is 0 Å². The van der Waals surface area contributed by atoms with E-state index in [4.69, 9.17) is 28.4 Å². The molecule has 1 aromatic heterocycles. The molecular weight excluding hydrogens is 400 g/mol. The minimum Gasteiger partial charge on any atom is -0.493 e. The second-order valence-electron chi connectivity index (χ2n) is 6.72. The number of imidazole rings is 1. The van der Waals surface area contributed by atoms with E-state index >= 15 is 0 Å². The monoisotopic (exact) mass is 428 g/mol. The largest absolute Gasteiger partial charge is 0.493 e. The van der Waals surface area contributed by atoms with Crippen LogP contribution in [0.5, 0.6) is 34.5 Å². The lowest BCUT2D eigenvalue weighted by Gasteiger charge is -2.14. The normalized spacial score (nSPS) is 10.5. The molecule has 0 aliphatic carbocycles. The van der Waals surface area contributed by atoms with Gasteiger partial charge in [-0.05, 0) is 47.8 Å². The quantitative estimate of drug-likeness (QED) is 0.366. The van der Waals surface area contributed by atoms with E-state index in [-0.39, 0.29) is 0 Å². The summed E-state index contributed by atoms with van der Waals surface area (Å²) >= 11 is 0. The van der Waals surface area contributed by atoms with E-state index in [1.54, 1.807) is 42.7 Å². The van der Waals surface area contributed by atoms with Crippen LogP contribution in [0.2, 0.25) is 0 Å². The van der Waals surface area contributed by atoms with Gasteiger partial charge in [0.2, 0.25) is 17.8 Å². The van der Waals surface area contributed by atoms with E-state index in [9.17, 15) is 0 Å². The van der Waals surface area contributed by atoms with Crippen molar-refractivity contribution in [1.82, 2.24) is 4.57 Å². The Hall–Kier alpha value is -3.55. The second-order valence-corrected chi connectivity index (χ2v) is 6.72. The highest BCUT2D eigenvalue weighted by molar-refractivity contribution is 5.54. The molecule has 3 rings (SSSR count). The molecule has 1 heterocycles. The van der Waals surface area contributed by atoms with Crippen molar-refractivity contribution in [2.24, 2.45) is 0 Å².